The number of ether oxygens (including phenoxy) is 2. The van der Waals surface area contributed by atoms with E-state index >= 15 is 0 Å². The molecule has 2 aromatic rings. The second kappa shape index (κ2) is 7.25. The number of methoxy groups -OCH3 is 1. The van der Waals surface area contributed by atoms with Gasteiger partial charge in [0.1, 0.15) is 5.56 Å². The summed E-state index contributed by atoms with van der Waals surface area (Å²) >= 11 is 0. The highest BCUT2D eigenvalue weighted by atomic mass is 16.5. The van der Waals surface area contributed by atoms with E-state index in [0.717, 1.165) is 24.1 Å². The van der Waals surface area contributed by atoms with Gasteiger partial charge in [-0.25, -0.2) is 4.79 Å². The normalized spacial score (nSPS) is 13.1. The summed E-state index contributed by atoms with van der Waals surface area (Å²) in [4.78, 5) is 26.3. The number of anilines is 1. The van der Waals surface area contributed by atoms with E-state index in [1.807, 2.05) is 24.3 Å². The Kier molecular flexibility index (Phi) is 4.88. The second-order valence-electron chi connectivity index (χ2n) is 5.71. The molecule has 0 bridgehead atoms. The van der Waals surface area contributed by atoms with Crippen LogP contribution < -0.4 is 9.64 Å². The van der Waals surface area contributed by atoms with E-state index in [1.54, 1.807) is 11.0 Å². The van der Waals surface area contributed by atoms with Crippen LogP contribution in [0.15, 0.2) is 42.5 Å². The third-order valence-electron chi connectivity index (χ3n) is 4.18. The molecule has 3 rings (SSSR count). The number of phenolic OH excluding ortho intramolecular Hbond substituents is 1. The van der Waals surface area contributed by atoms with Crippen molar-refractivity contribution in [2.45, 2.75) is 12.8 Å². The summed E-state index contributed by atoms with van der Waals surface area (Å²) in [5.41, 5.74) is 1.93. The van der Waals surface area contributed by atoms with E-state index in [4.69, 9.17) is 9.47 Å². The van der Waals surface area contributed by atoms with Crippen LogP contribution in [0.5, 0.6) is 11.5 Å². The first-order chi connectivity index (χ1) is 12.1. The number of benzene rings is 2. The lowest BCUT2D eigenvalue weighted by Gasteiger charge is -2.29. The van der Waals surface area contributed by atoms with Gasteiger partial charge in [-0.2, -0.15) is 0 Å². The first kappa shape index (κ1) is 16.8. The Morgan fingerprint density at radius 2 is 1.96 bits per heavy atom. The second-order valence-corrected chi connectivity index (χ2v) is 5.71. The molecule has 1 aliphatic rings. The van der Waals surface area contributed by atoms with Gasteiger partial charge in [0.2, 0.25) is 0 Å². The minimum atomic E-state index is -0.768. The predicted molar refractivity (Wildman–Crippen MR) is 92.1 cm³/mol. The van der Waals surface area contributed by atoms with Gasteiger partial charge in [-0.3, -0.25) is 4.79 Å². The van der Waals surface area contributed by atoms with Gasteiger partial charge >= 0.3 is 5.97 Å². The molecule has 6 heteroatoms. The molecule has 6 nitrogen and oxygen atoms in total. The first-order valence-electron chi connectivity index (χ1n) is 8.03. The number of esters is 1. The van der Waals surface area contributed by atoms with E-state index in [-0.39, 0.29) is 29.6 Å². The highest BCUT2D eigenvalue weighted by molar-refractivity contribution is 5.99. The fourth-order valence-electron chi connectivity index (χ4n) is 2.93. The zero-order valence-electron chi connectivity index (χ0n) is 13.9. The molecule has 25 heavy (non-hydrogen) atoms. The van der Waals surface area contributed by atoms with Crippen molar-refractivity contribution in [3.8, 4) is 11.5 Å². The van der Waals surface area contributed by atoms with E-state index < -0.39 is 5.97 Å². The lowest BCUT2D eigenvalue weighted by Crippen LogP contribution is -2.38. The minimum absolute atomic E-state index is 0.0359. The van der Waals surface area contributed by atoms with Crippen LogP contribution in [0, 0.1) is 0 Å². The highest BCUT2D eigenvalue weighted by Gasteiger charge is 2.24. The Morgan fingerprint density at radius 1 is 1.16 bits per heavy atom. The molecule has 1 heterocycles. The molecule has 0 fully saturated rings. The van der Waals surface area contributed by atoms with Gasteiger partial charge in [-0.1, -0.05) is 24.3 Å². The maximum Gasteiger partial charge on any atom is 0.342 e. The molecule has 1 aliphatic heterocycles. The number of carbonyl (C=O) groups excluding carboxylic acids is 2. The molecule has 0 saturated heterocycles. The first-order valence-corrected chi connectivity index (χ1v) is 8.03. The molecule has 1 amide bonds. The Balaban J connectivity index is 1.68. The van der Waals surface area contributed by atoms with Crippen molar-refractivity contribution in [2.75, 3.05) is 25.2 Å². The zero-order chi connectivity index (χ0) is 17.8. The average molecular weight is 341 g/mol. The van der Waals surface area contributed by atoms with Crippen molar-refractivity contribution in [2.24, 2.45) is 0 Å². The molecule has 0 unspecified atom stereocenters. The third kappa shape index (κ3) is 3.42. The van der Waals surface area contributed by atoms with Crippen LogP contribution in [-0.4, -0.2) is 37.2 Å². The van der Waals surface area contributed by atoms with Crippen LogP contribution in [0.1, 0.15) is 22.3 Å². The third-order valence-corrected chi connectivity index (χ3v) is 4.18. The largest absolute Gasteiger partial charge is 0.504 e. The lowest BCUT2D eigenvalue weighted by atomic mass is 10.0. The van der Waals surface area contributed by atoms with Crippen molar-refractivity contribution >= 4 is 17.6 Å². The molecule has 0 aliphatic carbocycles. The summed E-state index contributed by atoms with van der Waals surface area (Å²) in [5, 5.41) is 9.98. The number of carbonyl (C=O) groups is 2. The van der Waals surface area contributed by atoms with Gasteiger partial charge in [0.05, 0.1) is 7.11 Å². The van der Waals surface area contributed by atoms with Crippen molar-refractivity contribution in [3.63, 3.8) is 0 Å². The average Bonchev–Trinajstić information content (AvgIpc) is 2.65. The van der Waals surface area contributed by atoms with Crippen LogP contribution in [-0.2, 0) is 16.0 Å². The Morgan fingerprint density at radius 3 is 2.76 bits per heavy atom. The van der Waals surface area contributed by atoms with Gasteiger partial charge in [0.25, 0.3) is 5.91 Å². The highest BCUT2D eigenvalue weighted by Crippen LogP contribution is 2.30. The molecule has 130 valence electrons. The molecule has 0 atom stereocenters. The Bertz CT molecular complexity index is 802. The number of hydrogen-bond donors (Lipinski definition) is 1. The van der Waals surface area contributed by atoms with E-state index in [2.05, 4.69) is 0 Å². The van der Waals surface area contributed by atoms with E-state index in [0.29, 0.717) is 6.54 Å². The van der Waals surface area contributed by atoms with Gasteiger partial charge < -0.3 is 19.5 Å². The summed E-state index contributed by atoms with van der Waals surface area (Å²) in [6, 6.07) is 12.2. The topological polar surface area (TPSA) is 76.1 Å². The molecule has 1 N–H and O–H groups in total. The standard InChI is InChI=1S/C19H19NO5/c1-24-16-10-4-8-14(18(16)22)19(23)25-12-17(21)20-11-5-7-13-6-2-3-9-15(13)20/h2-4,6,8-10,22H,5,7,11-12H2,1H3. The fourth-order valence-corrected chi connectivity index (χ4v) is 2.93. The van der Waals surface area contributed by atoms with E-state index in [9.17, 15) is 14.7 Å². The maximum absolute atomic E-state index is 12.5. The monoisotopic (exact) mass is 341 g/mol. The van der Waals surface area contributed by atoms with Crippen LogP contribution in [0.3, 0.4) is 0 Å². The Labute approximate surface area is 145 Å². The maximum atomic E-state index is 12.5. The lowest BCUT2D eigenvalue weighted by molar-refractivity contribution is -0.121. The van der Waals surface area contributed by atoms with Crippen LogP contribution in [0.25, 0.3) is 0 Å². The number of aromatic hydroxyl groups is 1. The number of aryl methyl sites for hydroxylation is 1. The number of nitrogens with zero attached hydrogens (tertiary/aromatic N) is 1. The van der Waals surface area contributed by atoms with Crippen LogP contribution in [0.2, 0.25) is 0 Å². The number of rotatable bonds is 4. The summed E-state index contributed by atoms with van der Waals surface area (Å²) in [7, 11) is 1.39. The van der Waals surface area contributed by atoms with Crippen LogP contribution >= 0.6 is 0 Å². The van der Waals surface area contributed by atoms with Gasteiger partial charge in [-0.05, 0) is 36.6 Å². The van der Waals surface area contributed by atoms with Crippen molar-refractivity contribution in [3.05, 3.63) is 53.6 Å². The number of phenols is 1. The fraction of sp³-hybridized carbons (Fsp3) is 0.263. The predicted octanol–water partition coefficient (Wildman–Crippen LogP) is 2.54. The summed E-state index contributed by atoms with van der Waals surface area (Å²) in [5.74, 6) is -1.19. The number of para-hydroxylation sites is 2. The van der Waals surface area contributed by atoms with Gasteiger partial charge in [0, 0.05) is 12.2 Å². The molecule has 0 spiro atoms. The quantitative estimate of drug-likeness (QED) is 0.865. The van der Waals surface area contributed by atoms with Crippen LogP contribution in [0.4, 0.5) is 5.69 Å². The number of fused-ring (bicyclic) bond motifs is 1. The number of hydrogen-bond acceptors (Lipinski definition) is 5. The molecule has 2 aromatic carbocycles. The van der Waals surface area contributed by atoms with Crippen molar-refractivity contribution in [1.82, 2.24) is 0 Å². The smallest absolute Gasteiger partial charge is 0.342 e. The molecule has 0 radical (unpaired) electrons. The van der Waals surface area contributed by atoms with Gasteiger partial charge in [0.15, 0.2) is 18.1 Å². The number of amides is 1. The Hall–Kier alpha value is -3.02. The summed E-state index contributed by atoms with van der Waals surface area (Å²) in [6.07, 6.45) is 1.80. The summed E-state index contributed by atoms with van der Waals surface area (Å²) in [6.45, 7) is 0.210. The minimum Gasteiger partial charge on any atom is -0.504 e. The zero-order valence-corrected chi connectivity index (χ0v) is 13.9. The van der Waals surface area contributed by atoms with Gasteiger partial charge in [-0.15, -0.1) is 0 Å². The summed E-state index contributed by atoms with van der Waals surface area (Å²) < 4.78 is 10.1. The van der Waals surface area contributed by atoms with Crippen molar-refractivity contribution < 1.29 is 24.2 Å². The van der Waals surface area contributed by atoms with E-state index in [1.165, 1.54) is 19.2 Å². The van der Waals surface area contributed by atoms with Crippen molar-refractivity contribution in [1.29, 1.82) is 0 Å². The molecular weight excluding hydrogens is 322 g/mol. The molecular formula is C19H19NO5. The SMILES string of the molecule is COc1cccc(C(=O)OCC(=O)N2CCCc3ccccc32)c1O. The molecule has 0 aromatic heterocycles. The molecule has 0 saturated carbocycles.